The van der Waals surface area contributed by atoms with E-state index in [1.165, 1.54) is 0 Å². The van der Waals surface area contributed by atoms with Gasteiger partial charge in [-0.2, -0.15) is 0 Å². The molecule has 0 heterocycles. The van der Waals surface area contributed by atoms with E-state index in [0.717, 1.165) is 5.56 Å². The molecule has 0 saturated carbocycles. The van der Waals surface area contributed by atoms with Crippen molar-refractivity contribution in [1.82, 2.24) is 0 Å². The maximum atomic E-state index is 11.6. The van der Waals surface area contributed by atoms with Crippen molar-refractivity contribution in [2.45, 2.75) is 25.0 Å². The number of nitrogens with two attached hydrogens (primary N) is 1. The highest BCUT2D eigenvalue weighted by Crippen LogP contribution is 2.19. The molecule has 1 aromatic carbocycles. The molecular weight excluding hydrogens is 234 g/mol. The molecule has 0 aliphatic rings. The van der Waals surface area contributed by atoms with Crippen molar-refractivity contribution in [3.05, 3.63) is 48.6 Å². The number of sulfonamides is 1. The highest BCUT2D eigenvalue weighted by Gasteiger charge is 2.27. The standard InChI is InChI=1S/C13H19NO2S/c1-3-7-11(2)13(17(14,15)16)10-12-8-5-4-6-9-12/h3-6,8-9,11,13H,1,7,10H2,2H3,(H2,14,15,16)/t11-,13+/m0/s1. The van der Waals surface area contributed by atoms with Crippen molar-refractivity contribution in [2.24, 2.45) is 11.1 Å². The van der Waals surface area contributed by atoms with Crippen LogP contribution in [0.5, 0.6) is 0 Å². The molecule has 0 spiro atoms. The summed E-state index contributed by atoms with van der Waals surface area (Å²) >= 11 is 0. The fourth-order valence-electron chi connectivity index (χ4n) is 1.90. The Morgan fingerprint density at radius 1 is 1.35 bits per heavy atom. The largest absolute Gasteiger partial charge is 0.228 e. The van der Waals surface area contributed by atoms with Gasteiger partial charge >= 0.3 is 0 Å². The number of hydrogen-bond acceptors (Lipinski definition) is 2. The van der Waals surface area contributed by atoms with Gasteiger partial charge in [-0.3, -0.25) is 0 Å². The van der Waals surface area contributed by atoms with Crippen LogP contribution in [-0.2, 0) is 16.4 Å². The van der Waals surface area contributed by atoms with E-state index >= 15 is 0 Å². The van der Waals surface area contributed by atoms with Crippen LogP contribution in [0.2, 0.25) is 0 Å². The molecule has 0 unspecified atom stereocenters. The smallest absolute Gasteiger partial charge is 0.212 e. The van der Waals surface area contributed by atoms with E-state index in [2.05, 4.69) is 6.58 Å². The molecular formula is C13H19NO2S. The van der Waals surface area contributed by atoms with Gasteiger partial charge in [-0.05, 0) is 24.3 Å². The Kier molecular flexibility index (Phi) is 4.90. The number of benzene rings is 1. The Balaban J connectivity index is 2.89. The lowest BCUT2D eigenvalue weighted by atomic mass is 9.98. The lowest BCUT2D eigenvalue weighted by Crippen LogP contribution is -2.35. The van der Waals surface area contributed by atoms with Crippen LogP contribution in [0.15, 0.2) is 43.0 Å². The average molecular weight is 253 g/mol. The molecule has 0 aliphatic heterocycles. The lowest BCUT2D eigenvalue weighted by molar-refractivity contribution is 0.505. The predicted molar refractivity (Wildman–Crippen MR) is 71.0 cm³/mol. The van der Waals surface area contributed by atoms with E-state index in [1.54, 1.807) is 6.08 Å². The van der Waals surface area contributed by atoms with Crippen molar-refractivity contribution in [3.63, 3.8) is 0 Å². The van der Waals surface area contributed by atoms with Gasteiger partial charge in [0.15, 0.2) is 0 Å². The molecule has 94 valence electrons. The Bertz CT molecular complexity index is 454. The van der Waals surface area contributed by atoms with Crippen molar-refractivity contribution in [3.8, 4) is 0 Å². The van der Waals surface area contributed by atoms with Crippen LogP contribution in [0, 0.1) is 5.92 Å². The van der Waals surface area contributed by atoms with Crippen LogP contribution in [0.3, 0.4) is 0 Å². The summed E-state index contributed by atoms with van der Waals surface area (Å²) in [5, 5.41) is 4.74. The molecule has 0 amide bonds. The first-order chi connectivity index (χ1) is 7.95. The first-order valence-electron chi connectivity index (χ1n) is 5.61. The minimum absolute atomic E-state index is 0.0253. The van der Waals surface area contributed by atoms with Gasteiger partial charge < -0.3 is 0 Å². The molecule has 0 aromatic heterocycles. The Hall–Kier alpha value is -1.13. The monoisotopic (exact) mass is 253 g/mol. The maximum Gasteiger partial charge on any atom is 0.212 e. The molecule has 1 rings (SSSR count). The van der Waals surface area contributed by atoms with Crippen LogP contribution in [-0.4, -0.2) is 13.7 Å². The molecule has 3 nitrogen and oxygen atoms in total. The molecule has 2 atom stereocenters. The van der Waals surface area contributed by atoms with Crippen LogP contribution in [0.1, 0.15) is 18.9 Å². The van der Waals surface area contributed by atoms with E-state index in [-0.39, 0.29) is 5.92 Å². The summed E-state index contributed by atoms with van der Waals surface area (Å²) in [6.07, 6.45) is 2.83. The molecule has 0 bridgehead atoms. The van der Waals surface area contributed by atoms with Crippen LogP contribution in [0.4, 0.5) is 0 Å². The van der Waals surface area contributed by atoms with E-state index < -0.39 is 15.3 Å². The molecule has 0 aliphatic carbocycles. The van der Waals surface area contributed by atoms with Gasteiger partial charge in [-0.25, -0.2) is 13.6 Å². The number of hydrogen-bond donors (Lipinski definition) is 1. The van der Waals surface area contributed by atoms with Crippen molar-refractivity contribution >= 4 is 10.0 Å². The van der Waals surface area contributed by atoms with E-state index in [0.29, 0.717) is 12.8 Å². The summed E-state index contributed by atoms with van der Waals surface area (Å²) in [6, 6.07) is 9.53. The molecule has 17 heavy (non-hydrogen) atoms. The van der Waals surface area contributed by atoms with Gasteiger partial charge in [0.1, 0.15) is 0 Å². The first kappa shape index (κ1) is 13.9. The third-order valence-electron chi connectivity index (χ3n) is 2.87. The summed E-state index contributed by atoms with van der Waals surface area (Å²) in [6.45, 7) is 5.53. The lowest BCUT2D eigenvalue weighted by Gasteiger charge is -2.21. The molecule has 0 radical (unpaired) electrons. The van der Waals surface area contributed by atoms with Crippen LogP contribution in [0.25, 0.3) is 0 Å². The van der Waals surface area contributed by atoms with Crippen LogP contribution >= 0.6 is 0 Å². The number of primary sulfonamides is 1. The maximum absolute atomic E-state index is 11.6. The Morgan fingerprint density at radius 3 is 2.41 bits per heavy atom. The van der Waals surface area contributed by atoms with Gasteiger partial charge in [0.2, 0.25) is 10.0 Å². The van der Waals surface area contributed by atoms with Gasteiger partial charge in [0, 0.05) is 0 Å². The average Bonchev–Trinajstić information content (AvgIpc) is 2.26. The van der Waals surface area contributed by atoms with Crippen molar-refractivity contribution < 1.29 is 8.42 Å². The van der Waals surface area contributed by atoms with Crippen molar-refractivity contribution in [1.29, 1.82) is 0 Å². The zero-order chi connectivity index (χ0) is 12.9. The van der Waals surface area contributed by atoms with E-state index in [9.17, 15) is 8.42 Å². The van der Waals surface area contributed by atoms with Crippen LogP contribution < -0.4 is 5.14 Å². The zero-order valence-corrected chi connectivity index (χ0v) is 10.9. The second-order valence-electron chi connectivity index (χ2n) is 4.32. The summed E-state index contributed by atoms with van der Waals surface area (Å²) < 4.78 is 23.2. The number of allylic oxidation sites excluding steroid dienone is 1. The van der Waals surface area contributed by atoms with E-state index in [4.69, 9.17) is 5.14 Å². The quantitative estimate of drug-likeness (QED) is 0.789. The first-order valence-corrected chi connectivity index (χ1v) is 7.22. The second-order valence-corrected chi connectivity index (χ2v) is 6.10. The van der Waals surface area contributed by atoms with Gasteiger partial charge in [0.05, 0.1) is 5.25 Å². The SMILES string of the molecule is C=CC[C@H](C)[C@@H](Cc1ccccc1)S(N)(=O)=O. The fourth-order valence-corrected chi connectivity index (χ4v) is 3.09. The Labute approximate surface area is 103 Å². The zero-order valence-electron chi connectivity index (χ0n) is 10.0. The molecule has 4 heteroatoms. The summed E-state index contributed by atoms with van der Waals surface area (Å²) in [5.41, 5.74) is 0.988. The topological polar surface area (TPSA) is 60.2 Å². The molecule has 0 fully saturated rings. The molecule has 0 saturated heterocycles. The minimum atomic E-state index is -3.53. The number of rotatable bonds is 6. The summed E-state index contributed by atoms with van der Waals surface area (Å²) in [4.78, 5) is 0. The molecule has 2 N–H and O–H groups in total. The second kappa shape index (κ2) is 5.98. The fraction of sp³-hybridized carbons (Fsp3) is 0.385. The highest BCUT2D eigenvalue weighted by molar-refractivity contribution is 7.89. The normalized spacial score (nSPS) is 15.2. The van der Waals surface area contributed by atoms with Gasteiger partial charge in [-0.1, -0.05) is 43.3 Å². The van der Waals surface area contributed by atoms with Gasteiger partial charge in [0.25, 0.3) is 0 Å². The molecule has 1 aromatic rings. The van der Waals surface area contributed by atoms with E-state index in [1.807, 2.05) is 37.3 Å². The predicted octanol–water partition coefficient (Wildman–Crippen LogP) is 2.10. The van der Waals surface area contributed by atoms with Gasteiger partial charge in [-0.15, -0.1) is 6.58 Å². The van der Waals surface area contributed by atoms with Crippen molar-refractivity contribution in [2.75, 3.05) is 0 Å². The third-order valence-corrected chi connectivity index (χ3v) is 4.35. The minimum Gasteiger partial charge on any atom is -0.228 e. The Morgan fingerprint density at radius 2 is 1.94 bits per heavy atom. The third kappa shape index (κ3) is 4.32. The highest BCUT2D eigenvalue weighted by atomic mass is 32.2. The summed E-state index contributed by atoms with van der Waals surface area (Å²) in [5.74, 6) is -0.0253. The summed E-state index contributed by atoms with van der Waals surface area (Å²) in [7, 11) is -3.53.